The quantitative estimate of drug-likeness (QED) is 0.237. The molecule has 4 heteroatoms. The minimum absolute atomic E-state index is 0.0371. The highest BCUT2D eigenvalue weighted by atomic mass is 16.5. The predicted molar refractivity (Wildman–Crippen MR) is 93.7 cm³/mol. The van der Waals surface area contributed by atoms with Crippen molar-refractivity contribution in [2.75, 3.05) is 6.61 Å². The molecule has 2 aliphatic rings. The van der Waals surface area contributed by atoms with Crippen LogP contribution in [0.1, 0.15) is 84.0 Å². The van der Waals surface area contributed by atoms with Gasteiger partial charge in [0.2, 0.25) is 0 Å². The second-order valence-electron chi connectivity index (χ2n) is 7.29. The number of aliphatic carboxylic acids is 1. The largest absolute Gasteiger partial charge is 0.477 e. The van der Waals surface area contributed by atoms with E-state index in [-0.39, 0.29) is 17.4 Å². The molecule has 2 aliphatic carbocycles. The van der Waals surface area contributed by atoms with Crippen LogP contribution in [0.3, 0.4) is 0 Å². The summed E-state index contributed by atoms with van der Waals surface area (Å²) in [5.41, 5.74) is 0.883. The Bertz CT molecular complexity index is 434. The summed E-state index contributed by atoms with van der Waals surface area (Å²) in [6.07, 6.45) is 12.8. The summed E-state index contributed by atoms with van der Waals surface area (Å²) < 4.78 is 5.29. The van der Waals surface area contributed by atoms with Gasteiger partial charge in [0.25, 0.3) is 0 Å². The first-order chi connectivity index (χ1) is 11.6. The van der Waals surface area contributed by atoms with Crippen LogP contribution in [0.5, 0.6) is 0 Å². The molecule has 0 aliphatic heterocycles. The summed E-state index contributed by atoms with van der Waals surface area (Å²) in [7, 11) is 0. The SMILES string of the molecule is CCCCOC(=O)C(C(=O)O)=C(C1CCCCC1)C1CCCCC1. The second-order valence-corrected chi connectivity index (χ2v) is 7.29. The topological polar surface area (TPSA) is 63.6 Å². The van der Waals surface area contributed by atoms with Gasteiger partial charge in [-0.15, -0.1) is 0 Å². The minimum Gasteiger partial charge on any atom is -0.477 e. The number of rotatable bonds is 7. The van der Waals surface area contributed by atoms with Crippen molar-refractivity contribution < 1.29 is 19.4 Å². The predicted octanol–water partition coefficient (Wildman–Crippen LogP) is 4.87. The third kappa shape index (κ3) is 5.09. The summed E-state index contributed by atoms with van der Waals surface area (Å²) in [5.74, 6) is -1.19. The molecule has 2 saturated carbocycles. The summed E-state index contributed by atoms with van der Waals surface area (Å²) in [6.45, 7) is 2.34. The van der Waals surface area contributed by atoms with E-state index in [1.54, 1.807) is 0 Å². The smallest absolute Gasteiger partial charge is 0.345 e. The average molecular weight is 336 g/mol. The van der Waals surface area contributed by atoms with Crippen molar-refractivity contribution in [1.29, 1.82) is 0 Å². The molecule has 0 aromatic rings. The Hall–Kier alpha value is -1.32. The Labute approximate surface area is 145 Å². The van der Waals surface area contributed by atoms with Crippen LogP contribution < -0.4 is 0 Å². The fourth-order valence-electron chi connectivity index (χ4n) is 4.28. The number of allylic oxidation sites excluding steroid dienone is 1. The fraction of sp³-hybridized carbons (Fsp3) is 0.800. The van der Waals surface area contributed by atoms with E-state index in [1.807, 2.05) is 6.92 Å². The Morgan fingerprint density at radius 2 is 1.42 bits per heavy atom. The van der Waals surface area contributed by atoms with Gasteiger partial charge >= 0.3 is 11.9 Å². The Balaban J connectivity index is 2.30. The van der Waals surface area contributed by atoms with E-state index in [1.165, 1.54) is 12.8 Å². The van der Waals surface area contributed by atoms with Gasteiger partial charge in [0, 0.05) is 0 Å². The molecule has 136 valence electrons. The van der Waals surface area contributed by atoms with E-state index in [0.29, 0.717) is 6.61 Å². The van der Waals surface area contributed by atoms with Crippen LogP contribution in [0.2, 0.25) is 0 Å². The minimum atomic E-state index is -1.09. The van der Waals surface area contributed by atoms with E-state index >= 15 is 0 Å². The molecule has 0 aromatic carbocycles. The van der Waals surface area contributed by atoms with Gasteiger partial charge in [-0.3, -0.25) is 0 Å². The molecule has 0 amide bonds. The van der Waals surface area contributed by atoms with Crippen LogP contribution in [0.4, 0.5) is 0 Å². The molecule has 2 rings (SSSR count). The second kappa shape index (κ2) is 9.85. The van der Waals surface area contributed by atoms with Gasteiger partial charge in [0.15, 0.2) is 0 Å². The number of carboxylic acid groups (broad SMARTS) is 1. The summed E-state index contributed by atoms with van der Waals surface area (Å²) in [4.78, 5) is 24.5. The number of carbonyl (C=O) groups excluding carboxylic acids is 1. The van der Waals surface area contributed by atoms with Crippen molar-refractivity contribution in [1.82, 2.24) is 0 Å². The van der Waals surface area contributed by atoms with Crippen LogP contribution >= 0.6 is 0 Å². The first kappa shape index (κ1) is 19.0. The summed E-state index contributed by atoms with van der Waals surface area (Å²) >= 11 is 0. The maximum atomic E-state index is 12.5. The van der Waals surface area contributed by atoms with Gasteiger partial charge in [-0.05, 0) is 49.5 Å². The maximum Gasteiger partial charge on any atom is 0.345 e. The van der Waals surface area contributed by atoms with Gasteiger partial charge in [-0.2, -0.15) is 0 Å². The molecule has 2 fully saturated rings. The molecule has 0 saturated heterocycles. The fourth-order valence-corrected chi connectivity index (χ4v) is 4.28. The van der Waals surface area contributed by atoms with Crippen molar-refractivity contribution in [2.45, 2.75) is 84.0 Å². The molecule has 0 radical (unpaired) electrons. The third-order valence-corrected chi connectivity index (χ3v) is 5.53. The van der Waals surface area contributed by atoms with E-state index in [4.69, 9.17) is 4.74 Å². The monoisotopic (exact) mass is 336 g/mol. The number of carboxylic acids is 1. The maximum absolute atomic E-state index is 12.5. The molecule has 0 unspecified atom stereocenters. The molecular formula is C20H32O4. The van der Waals surface area contributed by atoms with Crippen LogP contribution in [0.25, 0.3) is 0 Å². The summed E-state index contributed by atoms with van der Waals surface area (Å²) in [6, 6.07) is 0. The molecule has 0 atom stereocenters. The van der Waals surface area contributed by atoms with E-state index in [0.717, 1.165) is 69.8 Å². The molecular weight excluding hydrogens is 304 g/mol. The molecule has 0 bridgehead atoms. The van der Waals surface area contributed by atoms with Crippen molar-refractivity contribution in [3.05, 3.63) is 11.1 Å². The zero-order valence-electron chi connectivity index (χ0n) is 15.0. The van der Waals surface area contributed by atoms with E-state index in [9.17, 15) is 14.7 Å². The van der Waals surface area contributed by atoms with Gasteiger partial charge in [0.05, 0.1) is 6.61 Å². The van der Waals surface area contributed by atoms with E-state index < -0.39 is 11.9 Å². The molecule has 0 heterocycles. The van der Waals surface area contributed by atoms with Crippen molar-refractivity contribution in [3.63, 3.8) is 0 Å². The number of esters is 1. The van der Waals surface area contributed by atoms with E-state index in [2.05, 4.69) is 0 Å². The molecule has 1 N–H and O–H groups in total. The zero-order valence-corrected chi connectivity index (χ0v) is 15.0. The third-order valence-electron chi connectivity index (χ3n) is 5.53. The van der Waals surface area contributed by atoms with Crippen molar-refractivity contribution in [2.24, 2.45) is 11.8 Å². The number of hydrogen-bond donors (Lipinski definition) is 1. The van der Waals surface area contributed by atoms with Gasteiger partial charge in [0.1, 0.15) is 5.57 Å². The normalized spacial score (nSPS) is 19.7. The highest BCUT2D eigenvalue weighted by molar-refractivity contribution is 6.14. The lowest BCUT2D eigenvalue weighted by molar-refractivity contribution is -0.144. The Morgan fingerprint density at radius 3 is 1.83 bits per heavy atom. The van der Waals surface area contributed by atoms with Gasteiger partial charge in [-0.25, -0.2) is 9.59 Å². The average Bonchev–Trinajstić information content (AvgIpc) is 2.60. The van der Waals surface area contributed by atoms with Crippen LogP contribution in [0, 0.1) is 11.8 Å². The molecule has 4 nitrogen and oxygen atoms in total. The lowest BCUT2D eigenvalue weighted by atomic mass is 9.72. The number of ether oxygens (including phenoxy) is 1. The van der Waals surface area contributed by atoms with Crippen LogP contribution in [-0.4, -0.2) is 23.7 Å². The van der Waals surface area contributed by atoms with Gasteiger partial charge < -0.3 is 9.84 Å². The van der Waals surface area contributed by atoms with Crippen molar-refractivity contribution >= 4 is 11.9 Å². The molecule has 0 spiro atoms. The van der Waals surface area contributed by atoms with Gasteiger partial charge in [-0.1, -0.05) is 51.9 Å². The Morgan fingerprint density at radius 1 is 0.917 bits per heavy atom. The first-order valence-corrected chi connectivity index (χ1v) is 9.79. The highest BCUT2D eigenvalue weighted by Crippen LogP contribution is 2.41. The number of unbranched alkanes of at least 4 members (excludes halogenated alkanes) is 1. The zero-order chi connectivity index (χ0) is 17.4. The number of hydrogen-bond acceptors (Lipinski definition) is 3. The lowest BCUT2D eigenvalue weighted by Gasteiger charge is -2.33. The van der Waals surface area contributed by atoms with Crippen LogP contribution in [0.15, 0.2) is 11.1 Å². The van der Waals surface area contributed by atoms with Crippen molar-refractivity contribution in [3.8, 4) is 0 Å². The molecule has 0 aromatic heterocycles. The molecule has 24 heavy (non-hydrogen) atoms. The van der Waals surface area contributed by atoms with Crippen LogP contribution in [-0.2, 0) is 14.3 Å². The lowest BCUT2D eigenvalue weighted by Crippen LogP contribution is -2.27. The Kier molecular flexibility index (Phi) is 7.80. The first-order valence-electron chi connectivity index (χ1n) is 9.79. The standard InChI is InChI=1S/C20H32O4/c1-2-3-14-24-20(23)18(19(21)22)17(15-10-6-4-7-11-15)16-12-8-5-9-13-16/h15-16H,2-14H2,1H3,(H,21,22). The number of carbonyl (C=O) groups is 2. The highest BCUT2D eigenvalue weighted by Gasteiger charge is 2.34. The summed E-state index contributed by atoms with van der Waals surface area (Å²) in [5, 5.41) is 9.77.